The molecule has 0 saturated carbocycles. The van der Waals surface area contributed by atoms with Crippen LogP contribution >= 0.6 is 11.3 Å². The number of nitrogens with one attached hydrogen (secondary N) is 2. The summed E-state index contributed by atoms with van der Waals surface area (Å²) in [4.78, 5) is 16.5. The van der Waals surface area contributed by atoms with Gasteiger partial charge in [-0.3, -0.25) is 5.32 Å². The zero-order valence-electron chi connectivity index (χ0n) is 13.4. The van der Waals surface area contributed by atoms with Gasteiger partial charge >= 0.3 is 6.03 Å². The number of amides is 2. The molecule has 1 aliphatic rings. The average molecular weight is 353 g/mol. The molecule has 1 aliphatic heterocycles. The summed E-state index contributed by atoms with van der Waals surface area (Å²) >= 11 is 1.36. The maximum atomic E-state index is 12.1. The highest BCUT2D eigenvalue weighted by Gasteiger charge is 2.15. The Bertz CT molecular complexity index is 922. The Balaban J connectivity index is 1.44. The quantitative estimate of drug-likeness (QED) is 0.728. The average Bonchev–Trinajstić information content (AvgIpc) is 3.25. The van der Waals surface area contributed by atoms with Crippen molar-refractivity contribution in [2.45, 2.75) is 6.92 Å². The van der Waals surface area contributed by atoms with Crippen LogP contribution in [0.4, 0.5) is 15.6 Å². The molecule has 126 valence electrons. The van der Waals surface area contributed by atoms with Gasteiger partial charge in [-0.05, 0) is 37.3 Å². The highest BCUT2D eigenvalue weighted by molar-refractivity contribution is 7.14. The third-order valence-electron chi connectivity index (χ3n) is 3.70. The minimum atomic E-state index is -0.324. The second-order valence-corrected chi connectivity index (χ2v) is 6.41. The summed E-state index contributed by atoms with van der Waals surface area (Å²) in [6, 6.07) is 12.9. The fourth-order valence-electron chi connectivity index (χ4n) is 2.42. The topological polar surface area (TPSA) is 72.5 Å². The van der Waals surface area contributed by atoms with Gasteiger partial charge in [0, 0.05) is 16.6 Å². The molecule has 7 heteroatoms. The number of carbonyl (C=O) groups excluding carboxylic acids is 1. The van der Waals surface area contributed by atoms with E-state index in [1.807, 2.05) is 54.8 Å². The second-order valence-electron chi connectivity index (χ2n) is 5.55. The fourth-order valence-corrected chi connectivity index (χ4v) is 3.13. The van der Waals surface area contributed by atoms with E-state index in [9.17, 15) is 4.79 Å². The predicted molar refractivity (Wildman–Crippen MR) is 97.5 cm³/mol. The van der Waals surface area contributed by atoms with Crippen LogP contribution in [-0.2, 0) is 0 Å². The molecule has 2 aromatic carbocycles. The number of rotatable bonds is 3. The normalized spacial score (nSPS) is 12.0. The molecular formula is C18H15N3O3S. The van der Waals surface area contributed by atoms with E-state index < -0.39 is 0 Å². The van der Waals surface area contributed by atoms with E-state index in [0.717, 1.165) is 28.3 Å². The van der Waals surface area contributed by atoms with Crippen molar-refractivity contribution >= 4 is 28.2 Å². The molecule has 2 N–H and O–H groups in total. The Kier molecular flexibility index (Phi) is 3.99. The van der Waals surface area contributed by atoms with Crippen molar-refractivity contribution in [1.29, 1.82) is 0 Å². The second kappa shape index (κ2) is 6.45. The van der Waals surface area contributed by atoms with Crippen LogP contribution < -0.4 is 20.1 Å². The highest BCUT2D eigenvalue weighted by atomic mass is 32.1. The Morgan fingerprint density at radius 2 is 1.88 bits per heavy atom. The number of carbonyl (C=O) groups is 1. The fraction of sp³-hybridized carbons (Fsp3) is 0.111. The summed E-state index contributed by atoms with van der Waals surface area (Å²) in [6.07, 6.45) is 0. The Morgan fingerprint density at radius 1 is 1.08 bits per heavy atom. The molecule has 0 atom stereocenters. The Labute approximate surface area is 148 Å². The third-order valence-corrected chi connectivity index (χ3v) is 4.46. The lowest BCUT2D eigenvalue weighted by Gasteiger charge is -2.05. The summed E-state index contributed by atoms with van der Waals surface area (Å²) in [7, 11) is 0. The predicted octanol–water partition coefficient (Wildman–Crippen LogP) is 4.49. The monoisotopic (exact) mass is 353 g/mol. The lowest BCUT2D eigenvalue weighted by molar-refractivity contribution is 0.174. The standard InChI is InChI=1S/C18H15N3O3S/c1-11-2-5-13(6-3-11)19-17(22)21-18-20-14(9-25-18)12-4-7-15-16(8-12)24-10-23-15/h2-9H,10H2,1H3,(H2,19,20,21,22). The first-order valence-corrected chi connectivity index (χ1v) is 8.55. The molecule has 4 rings (SSSR count). The number of benzene rings is 2. The van der Waals surface area contributed by atoms with Crippen molar-refractivity contribution in [3.8, 4) is 22.8 Å². The molecule has 0 spiro atoms. The molecule has 0 aliphatic carbocycles. The van der Waals surface area contributed by atoms with E-state index >= 15 is 0 Å². The van der Waals surface area contributed by atoms with Gasteiger partial charge in [0.25, 0.3) is 0 Å². The van der Waals surface area contributed by atoms with E-state index in [-0.39, 0.29) is 12.8 Å². The smallest absolute Gasteiger partial charge is 0.325 e. The number of thiazole rings is 1. The van der Waals surface area contributed by atoms with Crippen molar-refractivity contribution in [3.63, 3.8) is 0 Å². The third kappa shape index (κ3) is 3.41. The lowest BCUT2D eigenvalue weighted by Crippen LogP contribution is -2.19. The first kappa shape index (κ1) is 15.5. The van der Waals surface area contributed by atoms with Gasteiger partial charge in [0.1, 0.15) is 0 Å². The summed E-state index contributed by atoms with van der Waals surface area (Å²) in [6.45, 7) is 2.24. The summed E-state index contributed by atoms with van der Waals surface area (Å²) in [5, 5.41) is 7.94. The van der Waals surface area contributed by atoms with Crippen LogP contribution in [0.25, 0.3) is 11.3 Å². The highest BCUT2D eigenvalue weighted by Crippen LogP contribution is 2.36. The number of anilines is 2. The van der Waals surface area contributed by atoms with Crippen LogP contribution in [0.5, 0.6) is 11.5 Å². The van der Waals surface area contributed by atoms with E-state index in [2.05, 4.69) is 15.6 Å². The molecule has 25 heavy (non-hydrogen) atoms. The molecule has 2 amide bonds. The van der Waals surface area contributed by atoms with Crippen LogP contribution in [0.2, 0.25) is 0 Å². The zero-order valence-corrected chi connectivity index (χ0v) is 14.2. The van der Waals surface area contributed by atoms with Crippen molar-refractivity contribution in [2.75, 3.05) is 17.4 Å². The minimum Gasteiger partial charge on any atom is -0.454 e. The maximum Gasteiger partial charge on any atom is 0.325 e. The van der Waals surface area contributed by atoms with Crippen LogP contribution in [0.3, 0.4) is 0 Å². The van der Waals surface area contributed by atoms with Crippen molar-refractivity contribution < 1.29 is 14.3 Å². The molecule has 6 nitrogen and oxygen atoms in total. The molecule has 2 heterocycles. The lowest BCUT2D eigenvalue weighted by atomic mass is 10.1. The van der Waals surface area contributed by atoms with Gasteiger partial charge in [0.2, 0.25) is 6.79 Å². The van der Waals surface area contributed by atoms with E-state index in [1.165, 1.54) is 11.3 Å². The maximum absolute atomic E-state index is 12.1. The van der Waals surface area contributed by atoms with Gasteiger partial charge < -0.3 is 14.8 Å². The summed E-state index contributed by atoms with van der Waals surface area (Å²) < 4.78 is 10.7. The number of hydrogen-bond donors (Lipinski definition) is 2. The van der Waals surface area contributed by atoms with Crippen molar-refractivity contribution in [3.05, 3.63) is 53.4 Å². The number of hydrogen-bond acceptors (Lipinski definition) is 5. The molecule has 0 radical (unpaired) electrons. The number of fused-ring (bicyclic) bond motifs is 1. The molecule has 1 aromatic heterocycles. The molecule has 0 bridgehead atoms. The largest absolute Gasteiger partial charge is 0.454 e. The first-order chi connectivity index (χ1) is 12.2. The van der Waals surface area contributed by atoms with Crippen molar-refractivity contribution in [1.82, 2.24) is 4.98 Å². The van der Waals surface area contributed by atoms with Crippen LogP contribution in [0.1, 0.15) is 5.56 Å². The molecule has 3 aromatic rings. The Morgan fingerprint density at radius 3 is 2.72 bits per heavy atom. The van der Waals surface area contributed by atoms with E-state index in [0.29, 0.717) is 10.9 Å². The summed E-state index contributed by atoms with van der Waals surface area (Å²) in [5.41, 5.74) is 3.55. The summed E-state index contributed by atoms with van der Waals surface area (Å²) in [5.74, 6) is 1.44. The van der Waals surface area contributed by atoms with Gasteiger partial charge in [0.15, 0.2) is 16.6 Å². The van der Waals surface area contributed by atoms with Gasteiger partial charge in [-0.15, -0.1) is 11.3 Å². The number of nitrogens with zero attached hydrogens (tertiary/aromatic N) is 1. The van der Waals surface area contributed by atoms with Crippen LogP contribution in [0, 0.1) is 6.92 Å². The first-order valence-electron chi connectivity index (χ1n) is 7.67. The zero-order chi connectivity index (χ0) is 17.2. The minimum absolute atomic E-state index is 0.238. The molecule has 0 saturated heterocycles. The van der Waals surface area contributed by atoms with Gasteiger partial charge in [0.05, 0.1) is 5.69 Å². The van der Waals surface area contributed by atoms with E-state index in [4.69, 9.17) is 9.47 Å². The number of aryl methyl sites for hydroxylation is 1. The number of aromatic nitrogens is 1. The number of ether oxygens (including phenoxy) is 2. The van der Waals surface area contributed by atoms with E-state index in [1.54, 1.807) is 0 Å². The SMILES string of the molecule is Cc1ccc(NC(=O)Nc2nc(-c3ccc4c(c3)OCO4)cs2)cc1. The van der Waals surface area contributed by atoms with Gasteiger partial charge in [-0.1, -0.05) is 17.7 Å². The molecular weight excluding hydrogens is 338 g/mol. The van der Waals surface area contributed by atoms with Gasteiger partial charge in [-0.2, -0.15) is 0 Å². The van der Waals surface area contributed by atoms with Crippen LogP contribution in [-0.4, -0.2) is 17.8 Å². The van der Waals surface area contributed by atoms with Crippen LogP contribution in [0.15, 0.2) is 47.8 Å². The van der Waals surface area contributed by atoms with Crippen molar-refractivity contribution in [2.24, 2.45) is 0 Å². The molecule has 0 unspecified atom stereocenters. The number of urea groups is 1. The Hall–Kier alpha value is -3.06. The van der Waals surface area contributed by atoms with Gasteiger partial charge in [-0.25, -0.2) is 9.78 Å². The molecule has 0 fully saturated rings.